The van der Waals surface area contributed by atoms with Crippen LogP contribution in [0, 0.1) is 18.6 Å². The molecular weight excluding hydrogens is 384 g/mol. The van der Waals surface area contributed by atoms with E-state index in [-0.39, 0.29) is 24.4 Å². The Bertz CT molecular complexity index is 1140. The fourth-order valence-corrected chi connectivity index (χ4v) is 3.60. The van der Waals surface area contributed by atoms with Crippen molar-refractivity contribution < 1.29 is 18.3 Å². The predicted octanol–water partition coefficient (Wildman–Crippen LogP) is 4.38. The van der Waals surface area contributed by atoms with Crippen molar-refractivity contribution in [3.8, 4) is 5.75 Å². The molecule has 3 heterocycles. The standard InChI is InChI=1S/C20H15F2N3O2S/c1-12-19(16(26)10-18-23-7-9-28-18)25-8-3-6-17(20(25)24-12)27-11-13-14(21)4-2-5-15(13)22/h2-9H,10-11H2,1H3. The van der Waals surface area contributed by atoms with Gasteiger partial charge in [-0.05, 0) is 31.2 Å². The number of ether oxygens (including phenoxy) is 1. The predicted molar refractivity (Wildman–Crippen MR) is 101 cm³/mol. The zero-order valence-electron chi connectivity index (χ0n) is 14.9. The molecule has 0 aliphatic rings. The average Bonchev–Trinajstić information content (AvgIpc) is 3.28. The van der Waals surface area contributed by atoms with E-state index in [0.29, 0.717) is 22.8 Å². The summed E-state index contributed by atoms with van der Waals surface area (Å²) in [5.41, 5.74) is 1.24. The van der Waals surface area contributed by atoms with Crippen molar-refractivity contribution in [2.24, 2.45) is 0 Å². The Balaban J connectivity index is 1.65. The molecule has 28 heavy (non-hydrogen) atoms. The van der Waals surface area contributed by atoms with Crippen molar-refractivity contribution in [3.05, 3.63) is 81.7 Å². The van der Waals surface area contributed by atoms with Gasteiger partial charge in [0, 0.05) is 17.8 Å². The second-order valence-corrected chi connectivity index (χ2v) is 7.11. The van der Waals surface area contributed by atoms with Gasteiger partial charge in [-0.2, -0.15) is 0 Å². The molecule has 8 heteroatoms. The number of carbonyl (C=O) groups excluding carboxylic acids is 1. The van der Waals surface area contributed by atoms with Crippen LogP contribution in [0.4, 0.5) is 8.78 Å². The number of rotatable bonds is 6. The van der Waals surface area contributed by atoms with Gasteiger partial charge in [0.05, 0.1) is 17.7 Å². The lowest BCUT2D eigenvalue weighted by molar-refractivity contribution is 0.0986. The number of ketones is 1. The monoisotopic (exact) mass is 399 g/mol. The first-order chi connectivity index (χ1) is 13.5. The van der Waals surface area contributed by atoms with Crippen molar-refractivity contribution >= 4 is 22.8 Å². The van der Waals surface area contributed by atoms with Gasteiger partial charge in [0.15, 0.2) is 17.2 Å². The van der Waals surface area contributed by atoms with Gasteiger partial charge in [0.2, 0.25) is 0 Å². The number of nitrogens with zero attached hydrogens (tertiary/aromatic N) is 3. The van der Waals surface area contributed by atoms with E-state index in [1.807, 2.05) is 5.38 Å². The summed E-state index contributed by atoms with van der Waals surface area (Å²) in [6.45, 7) is 1.45. The van der Waals surface area contributed by atoms with Gasteiger partial charge in [-0.25, -0.2) is 18.7 Å². The van der Waals surface area contributed by atoms with Crippen molar-refractivity contribution in [1.82, 2.24) is 14.4 Å². The number of hydrogen-bond acceptors (Lipinski definition) is 5. The Morgan fingerprint density at radius 3 is 2.71 bits per heavy atom. The fourth-order valence-electron chi connectivity index (χ4n) is 2.99. The molecule has 0 saturated heterocycles. The maximum atomic E-state index is 13.8. The van der Waals surface area contributed by atoms with Crippen LogP contribution in [-0.4, -0.2) is 20.2 Å². The normalized spacial score (nSPS) is 11.1. The minimum atomic E-state index is -0.675. The average molecular weight is 399 g/mol. The lowest BCUT2D eigenvalue weighted by atomic mass is 10.2. The smallest absolute Gasteiger partial charge is 0.188 e. The summed E-state index contributed by atoms with van der Waals surface area (Å²) in [6.07, 6.45) is 3.54. The van der Waals surface area contributed by atoms with E-state index >= 15 is 0 Å². The number of fused-ring (bicyclic) bond motifs is 1. The number of aryl methyl sites for hydroxylation is 1. The summed E-state index contributed by atoms with van der Waals surface area (Å²) < 4.78 is 34.9. The molecule has 0 fully saturated rings. The highest BCUT2D eigenvalue weighted by molar-refractivity contribution is 7.09. The molecule has 0 aliphatic heterocycles. The first-order valence-electron chi connectivity index (χ1n) is 8.49. The Kier molecular flexibility index (Phi) is 4.87. The Morgan fingerprint density at radius 1 is 1.21 bits per heavy atom. The first kappa shape index (κ1) is 18.2. The molecule has 0 spiro atoms. The van der Waals surface area contributed by atoms with Crippen LogP contribution in [0.1, 0.15) is 26.8 Å². The molecule has 0 atom stereocenters. The molecule has 0 bridgehead atoms. The van der Waals surface area contributed by atoms with Gasteiger partial charge in [-0.1, -0.05) is 6.07 Å². The molecule has 142 valence electrons. The first-order valence-corrected chi connectivity index (χ1v) is 9.37. The van der Waals surface area contributed by atoms with E-state index in [2.05, 4.69) is 9.97 Å². The quantitative estimate of drug-likeness (QED) is 0.452. The van der Waals surface area contributed by atoms with E-state index in [1.54, 1.807) is 35.9 Å². The summed E-state index contributed by atoms with van der Waals surface area (Å²) >= 11 is 1.41. The van der Waals surface area contributed by atoms with Gasteiger partial charge < -0.3 is 4.74 Å². The van der Waals surface area contributed by atoms with Gasteiger partial charge in [-0.15, -0.1) is 11.3 Å². The van der Waals surface area contributed by atoms with E-state index in [0.717, 1.165) is 5.01 Å². The van der Waals surface area contributed by atoms with Gasteiger partial charge in [0.1, 0.15) is 28.9 Å². The van der Waals surface area contributed by atoms with Crippen LogP contribution >= 0.6 is 11.3 Å². The summed E-state index contributed by atoms with van der Waals surface area (Å²) in [5.74, 6) is -1.13. The third-order valence-electron chi connectivity index (χ3n) is 4.28. The zero-order valence-corrected chi connectivity index (χ0v) is 15.7. The highest BCUT2D eigenvalue weighted by atomic mass is 32.1. The topological polar surface area (TPSA) is 56.5 Å². The van der Waals surface area contributed by atoms with Crippen LogP contribution in [-0.2, 0) is 13.0 Å². The summed E-state index contributed by atoms with van der Waals surface area (Å²) in [4.78, 5) is 21.3. The molecule has 4 aromatic rings. The lowest BCUT2D eigenvalue weighted by Crippen LogP contribution is -2.09. The molecule has 0 unspecified atom stereocenters. The zero-order chi connectivity index (χ0) is 19.7. The summed E-state index contributed by atoms with van der Waals surface area (Å²) in [6, 6.07) is 7.00. The van der Waals surface area contributed by atoms with Crippen LogP contribution in [0.3, 0.4) is 0 Å². The van der Waals surface area contributed by atoms with Crippen molar-refractivity contribution in [2.75, 3.05) is 0 Å². The van der Waals surface area contributed by atoms with Gasteiger partial charge >= 0.3 is 0 Å². The molecule has 0 radical (unpaired) electrons. The number of imidazole rings is 1. The number of thiazole rings is 1. The van der Waals surface area contributed by atoms with Gasteiger partial charge in [0.25, 0.3) is 0 Å². The third-order valence-corrected chi connectivity index (χ3v) is 5.06. The minimum Gasteiger partial charge on any atom is -0.485 e. The number of aromatic nitrogens is 3. The lowest BCUT2D eigenvalue weighted by Gasteiger charge is -2.09. The van der Waals surface area contributed by atoms with Crippen LogP contribution in [0.2, 0.25) is 0 Å². The van der Waals surface area contributed by atoms with Crippen LogP contribution in [0.25, 0.3) is 5.65 Å². The fraction of sp³-hybridized carbons (Fsp3) is 0.150. The molecule has 0 N–H and O–H groups in total. The van der Waals surface area contributed by atoms with E-state index in [9.17, 15) is 13.6 Å². The number of benzene rings is 1. The molecule has 4 rings (SSSR count). The van der Waals surface area contributed by atoms with Crippen molar-refractivity contribution in [1.29, 1.82) is 0 Å². The number of hydrogen-bond donors (Lipinski definition) is 0. The number of Topliss-reactive ketones (excluding diaryl/α,β-unsaturated/α-hetero) is 1. The second kappa shape index (κ2) is 7.47. The number of halogens is 2. The van der Waals surface area contributed by atoms with Crippen LogP contribution in [0.5, 0.6) is 5.75 Å². The van der Waals surface area contributed by atoms with Crippen LogP contribution in [0.15, 0.2) is 48.1 Å². The Morgan fingerprint density at radius 2 is 2.00 bits per heavy atom. The summed E-state index contributed by atoms with van der Waals surface area (Å²) in [5, 5.41) is 2.54. The van der Waals surface area contributed by atoms with E-state index in [4.69, 9.17) is 4.74 Å². The molecule has 5 nitrogen and oxygen atoms in total. The Labute approximate surface area is 163 Å². The van der Waals surface area contributed by atoms with Crippen molar-refractivity contribution in [2.45, 2.75) is 20.0 Å². The van der Waals surface area contributed by atoms with Gasteiger partial charge in [-0.3, -0.25) is 9.20 Å². The Hall–Kier alpha value is -3.13. The molecular formula is C20H15F2N3O2S. The third kappa shape index (κ3) is 3.38. The molecule has 0 aliphatic carbocycles. The molecule has 0 amide bonds. The molecule has 0 saturated carbocycles. The minimum absolute atomic E-state index is 0.114. The SMILES string of the molecule is Cc1nc2c(OCc3c(F)cccc3F)cccn2c1C(=O)Cc1nccs1. The van der Waals surface area contributed by atoms with E-state index < -0.39 is 11.6 Å². The maximum absolute atomic E-state index is 13.8. The maximum Gasteiger partial charge on any atom is 0.188 e. The van der Waals surface area contributed by atoms with Crippen molar-refractivity contribution in [3.63, 3.8) is 0 Å². The number of carbonyl (C=O) groups is 1. The van der Waals surface area contributed by atoms with Crippen LogP contribution < -0.4 is 4.74 Å². The molecule has 3 aromatic heterocycles. The largest absolute Gasteiger partial charge is 0.485 e. The number of pyridine rings is 1. The van der Waals surface area contributed by atoms with E-state index in [1.165, 1.54) is 29.5 Å². The summed E-state index contributed by atoms with van der Waals surface area (Å²) in [7, 11) is 0. The second-order valence-electron chi connectivity index (χ2n) is 6.13. The highest BCUT2D eigenvalue weighted by Crippen LogP contribution is 2.25. The molecule has 1 aromatic carbocycles. The highest BCUT2D eigenvalue weighted by Gasteiger charge is 2.20.